The van der Waals surface area contributed by atoms with Crippen LogP contribution in [0.1, 0.15) is 66.9 Å². The Morgan fingerprint density at radius 1 is 1.09 bits per heavy atom. The van der Waals surface area contributed by atoms with Crippen LogP contribution in [0.5, 0.6) is 5.75 Å². The number of carbonyl (C=O) groups excluding carboxylic acids is 2. The summed E-state index contributed by atoms with van der Waals surface area (Å²) in [5, 5.41) is 3.21. The number of ether oxygens (including phenoxy) is 1. The van der Waals surface area contributed by atoms with Gasteiger partial charge < -0.3 is 19.4 Å². The van der Waals surface area contributed by atoms with E-state index < -0.39 is 6.04 Å². The molecule has 1 aromatic carbocycles. The van der Waals surface area contributed by atoms with E-state index in [2.05, 4.69) is 10.3 Å². The standard InChI is InChI=1S/C27H31N3O4/c1-2-33-24-16-7-6-14-22(24)25(26(31)29-20-11-4-3-5-12-20)30(19-21-13-10-18-34-21)27(32)23-15-8-9-17-28-23/h6-10,13-18,20,25H,2-5,11-12,19H2,1H3,(H,29,31)/t25-/m0/s1. The van der Waals surface area contributed by atoms with E-state index in [1.54, 1.807) is 42.8 Å². The number of hydrogen-bond donors (Lipinski definition) is 1. The van der Waals surface area contributed by atoms with Gasteiger partial charge in [0, 0.05) is 17.8 Å². The average Bonchev–Trinajstić information content (AvgIpc) is 3.39. The summed E-state index contributed by atoms with van der Waals surface area (Å²) in [6.07, 6.45) is 8.39. The van der Waals surface area contributed by atoms with Crippen LogP contribution in [0.15, 0.2) is 71.5 Å². The predicted molar refractivity (Wildman–Crippen MR) is 128 cm³/mol. The maximum absolute atomic E-state index is 13.9. The summed E-state index contributed by atoms with van der Waals surface area (Å²) in [6.45, 7) is 2.46. The monoisotopic (exact) mass is 461 g/mol. The van der Waals surface area contributed by atoms with E-state index in [0.717, 1.165) is 25.7 Å². The summed E-state index contributed by atoms with van der Waals surface area (Å²) >= 11 is 0. The molecule has 1 atom stereocenters. The van der Waals surface area contributed by atoms with Gasteiger partial charge >= 0.3 is 0 Å². The molecule has 0 saturated heterocycles. The largest absolute Gasteiger partial charge is 0.494 e. The van der Waals surface area contributed by atoms with Crippen molar-refractivity contribution in [3.05, 3.63) is 84.1 Å². The summed E-state index contributed by atoms with van der Waals surface area (Å²) in [5.41, 5.74) is 0.895. The fourth-order valence-electron chi connectivity index (χ4n) is 4.46. The maximum Gasteiger partial charge on any atom is 0.273 e. The van der Waals surface area contributed by atoms with Gasteiger partial charge in [-0.15, -0.1) is 0 Å². The molecule has 4 rings (SSSR count). The molecule has 0 unspecified atom stereocenters. The van der Waals surface area contributed by atoms with E-state index in [4.69, 9.17) is 9.15 Å². The summed E-state index contributed by atoms with van der Waals surface area (Å²) in [7, 11) is 0. The van der Waals surface area contributed by atoms with Crippen molar-refractivity contribution in [2.75, 3.05) is 6.61 Å². The Labute approximate surface area is 200 Å². The molecule has 2 heterocycles. The highest BCUT2D eigenvalue weighted by molar-refractivity contribution is 5.96. The molecule has 1 fully saturated rings. The zero-order valence-corrected chi connectivity index (χ0v) is 19.5. The molecule has 34 heavy (non-hydrogen) atoms. The van der Waals surface area contributed by atoms with Gasteiger partial charge in [0.15, 0.2) is 0 Å². The molecule has 7 nitrogen and oxygen atoms in total. The number of furan rings is 1. The minimum atomic E-state index is -0.913. The molecular formula is C27H31N3O4. The van der Waals surface area contributed by atoms with Crippen molar-refractivity contribution in [1.29, 1.82) is 0 Å². The van der Waals surface area contributed by atoms with Gasteiger partial charge in [0.1, 0.15) is 23.2 Å². The SMILES string of the molecule is CCOc1ccccc1[C@@H](C(=O)NC1CCCCC1)N(Cc1ccco1)C(=O)c1ccccn1. The molecule has 2 amide bonds. The molecule has 178 valence electrons. The first-order valence-corrected chi connectivity index (χ1v) is 11.9. The summed E-state index contributed by atoms with van der Waals surface area (Å²) < 4.78 is 11.4. The molecule has 7 heteroatoms. The van der Waals surface area contributed by atoms with E-state index in [9.17, 15) is 9.59 Å². The lowest BCUT2D eigenvalue weighted by Gasteiger charge is -2.33. The molecule has 1 saturated carbocycles. The number of amides is 2. The van der Waals surface area contributed by atoms with Gasteiger partial charge in [0.25, 0.3) is 5.91 Å². The second kappa shape index (κ2) is 11.5. The fraction of sp³-hybridized carbons (Fsp3) is 0.370. The van der Waals surface area contributed by atoms with Crippen LogP contribution < -0.4 is 10.1 Å². The second-order valence-corrected chi connectivity index (χ2v) is 8.44. The number of aromatic nitrogens is 1. The lowest BCUT2D eigenvalue weighted by molar-refractivity contribution is -0.127. The molecule has 1 aliphatic carbocycles. The Hall–Kier alpha value is -3.61. The molecule has 1 N–H and O–H groups in total. The Balaban J connectivity index is 1.76. The van der Waals surface area contributed by atoms with Gasteiger partial charge in [0.05, 0.1) is 19.4 Å². The van der Waals surface area contributed by atoms with Crippen molar-refractivity contribution in [1.82, 2.24) is 15.2 Å². The van der Waals surface area contributed by atoms with Crippen molar-refractivity contribution in [3.63, 3.8) is 0 Å². The molecule has 0 aliphatic heterocycles. The summed E-state index contributed by atoms with van der Waals surface area (Å²) in [5.74, 6) is 0.572. The molecule has 2 aromatic heterocycles. The van der Waals surface area contributed by atoms with Crippen LogP contribution in [0.3, 0.4) is 0 Å². The minimum absolute atomic E-state index is 0.0958. The number of nitrogens with one attached hydrogen (secondary N) is 1. The first kappa shape index (κ1) is 23.5. The molecule has 0 bridgehead atoms. The van der Waals surface area contributed by atoms with Gasteiger partial charge in [-0.25, -0.2) is 0 Å². The Bertz CT molecular complexity index is 1060. The zero-order chi connectivity index (χ0) is 23.8. The van der Waals surface area contributed by atoms with E-state index >= 15 is 0 Å². The first-order chi connectivity index (χ1) is 16.7. The second-order valence-electron chi connectivity index (χ2n) is 8.44. The van der Waals surface area contributed by atoms with Gasteiger partial charge in [-0.05, 0) is 50.1 Å². The third-order valence-electron chi connectivity index (χ3n) is 6.08. The van der Waals surface area contributed by atoms with E-state index in [1.165, 1.54) is 11.3 Å². The van der Waals surface area contributed by atoms with Crippen LogP contribution in [-0.2, 0) is 11.3 Å². The van der Waals surface area contributed by atoms with Crippen molar-refractivity contribution >= 4 is 11.8 Å². The molecule has 0 radical (unpaired) electrons. The third-order valence-corrected chi connectivity index (χ3v) is 6.08. The van der Waals surface area contributed by atoms with E-state index in [1.807, 2.05) is 31.2 Å². The molecule has 3 aromatic rings. The number of rotatable bonds is 9. The maximum atomic E-state index is 13.9. The van der Waals surface area contributed by atoms with Crippen molar-refractivity contribution in [2.24, 2.45) is 0 Å². The molecular weight excluding hydrogens is 430 g/mol. The third kappa shape index (κ3) is 5.65. The highest BCUT2D eigenvalue weighted by Gasteiger charge is 2.36. The first-order valence-electron chi connectivity index (χ1n) is 11.9. The summed E-state index contributed by atoms with van der Waals surface area (Å²) in [4.78, 5) is 33.4. The van der Waals surface area contributed by atoms with Crippen molar-refractivity contribution < 1.29 is 18.7 Å². The van der Waals surface area contributed by atoms with Gasteiger partial charge in [0.2, 0.25) is 5.91 Å². The Kier molecular flexibility index (Phi) is 7.96. The number of benzene rings is 1. The minimum Gasteiger partial charge on any atom is -0.494 e. The fourth-order valence-corrected chi connectivity index (χ4v) is 4.46. The predicted octanol–water partition coefficient (Wildman–Crippen LogP) is 4.91. The lowest BCUT2D eigenvalue weighted by Crippen LogP contribution is -2.47. The van der Waals surface area contributed by atoms with Gasteiger partial charge in [-0.2, -0.15) is 0 Å². The normalized spacial score (nSPS) is 14.9. The van der Waals surface area contributed by atoms with Crippen LogP contribution in [-0.4, -0.2) is 34.3 Å². The lowest BCUT2D eigenvalue weighted by atomic mass is 9.94. The number of carbonyl (C=O) groups is 2. The Morgan fingerprint density at radius 2 is 1.88 bits per heavy atom. The summed E-state index contributed by atoms with van der Waals surface area (Å²) in [6, 6.07) is 15.3. The molecule has 1 aliphatic rings. The van der Waals surface area contributed by atoms with Crippen LogP contribution in [0.25, 0.3) is 0 Å². The molecule has 0 spiro atoms. The highest BCUT2D eigenvalue weighted by Crippen LogP contribution is 2.33. The van der Waals surface area contributed by atoms with Crippen molar-refractivity contribution in [3.8, 4) is 5.75 Å². The number of para-hydroxylation sites is 1. The van der Waals surface area contributed by atoms with Crippen LogP contribution in [0.4, 0.5) is 0 Å². The van der Waals surface area contributed by atoms with Crippen LogP contribution >= 0.6 is 0 Å². The zero-order valence-electron chi connectivity index (χ0n) is 19.5. The average molecular weight is 462 g/mol. The van der Waals surface area contributed by atoms with E-state index in [-0.39, 0.29) is 30.1 Å². The topological polar surface area (TPSA) is 84.7 Å². The van der Waals surface area contributed by atoms with Gasteiger partial charge in [-0.3, -0.25) is 14.6 Å². The van der Waals surface area contributed by atoms with Gasteiger partial charge in [-0.1, -0.05) is 43.5 Å². The number of nitrogens with zero attached hydrogens (tertiary/aromatic N) is 2. The quantitative estimate of drug-likeness (QED) is 0.490. The van der Waals surface area contributed by atoms with Crippen molar-refractivity contribution in [2.45, 2.75) is 57.7 Å². The number of pyridine rings is 1. The smallest absolute Gasteiger partial charge is 0.273 e. The van der Waals surface area contributed by atoms with E-state index in [0.29, 0.717) is 23.7 Å². The Morgan fingerprint density at radius 3 is 2.59 bits per heavy atom. The highest BCUT2D eigenvalue weighted by atomic mass is 16.5. The van der Waals surface area contributed by atoms with Crippen LogP contribution in [0.2, 0.25) is 0 Å². The number of hydrogen-bond acceptors (Lipinski definition) is 5. The van der Waals surface area contributed by atoms with Crippen LogP contribution in [0, 0.1) is 0 Å².